The van der Waals surface area contributed by atoms with E-state index in [-0.39, 0.29) is 25.0 Å². The topological polar surface area (TPSA) is 67.9 Å². The fourth-order valence-electron chi connectivity index (χ4n) is 3.25. The fourth-order valence-corrected chi connectivity index (χ4v) is 4.02. The smallest absolute Gasteiger partial charge is 0.278 e. The molecule has 7 heteroatoms. The minimum Gasteiger partial charge on any atom is -0.497 e. The van der Waals surface area contributed by atoms with Gasteiger partial charge in [0.2, 0.25) is 0 Å². The van der Waals surface area contributed by atoms with Crippen molar-refractivity contribution < 1.29 is 19.1 Å². The first-order chi connectivity index (χ1) is 15.1. The van der Waals surface area contributed by atoms with Crippen LogP contribution >= 0.6 is 11.3 Å². The van der Waals surface area contributed by atoms with Crippen molar-refractivity contribution in [2.45, 2.75) is 6.92 Å². The lowest BCUT2D eigenvalue weighted by Crippen LogP contribution is -2.35. The van der Waals surface area contributed by atoms with Gasteiger partial charge in [0.25, 0.3) is 11.8 Å². The number of carbonyl (C=O) groups excluding carboxylic acids is 2. The van der Waals surface area contributed by atoms with Crippen LogP contribution in [0.1, 0.15) is 10.4 Å². The summed E-state index contributed by atoms with van der Waals surface area (Å²) in [4.78, 5) is 28.3. The number of hydrogen-bond acceptors (Lipinski definition) is 6. The molecule has 31 heavy (non-hydrogen) atoms. The average molecular weight is 435 g/mol. The van der Waals surface area contributed by atoms with Crippen molar-refractivity contribution in [3.8, 4) is 11.5 Å². The predicted octanol–water partition coefficient (Wildman–Crippen LogP) is 4.34. The molecule has 4 rings (SSSR count). The van der Waals surface area contributed by atoms with Crippen molar-refractivity contribution in [3.63, 3.8) is 0 Å². The molecule has 2 aromatic carbocycles. The Balaban J connectivity index is 1.51. The summed E-state index contributed by atoms with van der Waals surface area (Å²) in [5.41, 5.74) is 2.56. The van der Waals surface area contributed by atoms with Gasteiger partial charge in [-0.15, -0.1) is 11.3 Å². The van der Waals surface area contributed by atoms with Gasteiger partial charge in [-0.2, -0.15) is 0 Å². The van der Waals surface area contributed by atoms with Crippen LogP contribution in [0.25, 0.3) is 5.57 Å². The number of rotatable bonds is 8. The van der Waals surface area contributed by atoms with Crippen LogP contribution in [0.4, 0.5) is 5.69 Å². The van der Waals surface area contributed by atoms with Crippen molar-refractivity contribution in [1.29, 1.82) is 0 Å². The first-order valence-electron chi connectivity index (χ1n) is 9.81. The number of amides is 2. The Kier molecular flexibility index (Phi) is 6.04. The van der Waals surface area contributed by atoms with Gasteiger partial charge in [0, 0.05) is 10.6 Å². The van der Waals surface area contributed by atoms with E-state index >= 15 is 0 Å². The highest BCUT2D eigenvalue weighted by atomic mass is 32.1. The molecule has 3 aromatic rings. The van der Waals surface area contributed by atoms with E-state index < -0.39 is 0 Å². The first kappa shape index (κ1) is 20.7. The summed E-state index contributed by atoms with van der Waals surface area (Å²) < 4.78 is 10.9. The van der Waals surface area contributed by atoms with E-state index in [4.69, 9.17) is 9.47 Å². The van der Waals surface area contributed by atoms with Gasteiger partial charge in [0.05, 0.1) is 19.2 Å². The quantitative estimate of drug-likeness (QED) is 0.535. The Bertz CT molecular complexity index is 1100. The Morgan fingerprint density at radius 2 is 1.65 bits per heavy atom. The minimum atomic E-state index is -0.354. The third-order valence-corrected chi connectivity index (χ3v) is 5.79. The third kappa shape index (κ3) is 4.46. The largest absolute Gasteiger partial charge is 0.497 e. The Hall–Kier alpha value is -3.58. The number of anilines is 1. The average Bonchev–Trinajstić information content (AvgIpc) is 3.38. The number of imide groups is 1. The fraction of sp³-hybridized carbons (Fsp3) is 0.167. The van der Waals surface area contributed by atoms with Crippen molar-refractivity contribution >= 4 is 34.4 Å². The molecule has 0 saturated heterocycles. The summed E-state index contributed by atoms with van der Waals surface area (Å²) in [6.07, 6.45) is 0. The monoisotopic (exact) mass is 434 g/mol. The first-order valence-corrected chi connectivity index (χ1v) is 10.7. The molecule has 6 nitrogen and oxygen atoms in total. The zero-order valence-electron chi connectivity index (χ0n) is 17.3. The van der Waals surface area contributed by atoms with Gasteiger partial charge in [0.1, 0.15) is 23.8 Å². The van der Waals surface area contributed by atoms with Gasteiger partial charge in [-0.05, 0) is 54.8 Å². The lowest BCUT2D eigenvalue weighted by Gasteiger charge is -2.16. The molecular weight excluding hydrogens is 412 g/mol. The molecule has 0 atom stereocenters. The second kappa shape index (κ2) is 9.06. The van der Waals surface area contributed by atoms with Crippen molar-refractivity contribution in [3.05, 3.63) is 82.2 Å². The van der Waals surface area contributed by atoms with Gasteiger partial charge >= 0.3 is 0 Å². The van der Waals surface area contributed by atoms with Crippen molar-refractivity contribution in [2.75, 3.05) is 25.6 Å². The normalized spacial score (nSPS) is 13.7. The van der Waals surface area contributed by atoms with Crippen LogP contribution < -0.4 is 14.8 Å². The number of benzene rings is 2. The summed E-state index contributed by atoms with van der Waals surface area (Å²) in [5, 5.41) is 5.04. The molecule has 2 heterocycles. The number of carbonyl (C=O) groups is 2. The Labute approximate surface area is 184 Å². The van der Waals surface area contributed by atoms with Crippen molar-refractivity contribution in [2.24, 2.45) is 0 Å². The lowest BCUT2D eigenvalue weighted by molar-refractivity contribution is -0.137. The highest BCUT2D eigenvalue weighted by Crippen LogP contribution is 2.32. The summed E-state index contributed by atoms with van der Waals surface area (Å²) >= 11 is 1.43. The SMILES string of the molecule is COc1ccc(OCCN2C(=O)C(Nc3ccc(C)cc3)=C(c3cccs3)C2=O)cc1. The second-order valence-electron chi connectivity index (χ2n) is 7.00. The van der Waals surface area contributed by atoms with E-state index in [2.05, 4.69) is 5.32 Å². The number of aryl methyl sites for hydroxylation is 1. The maximum absolute atomic E-state index is 13.1. The number of nitrogens with one attached hydrogen (secondary N) is 1. The molecule has 0 radical (unpaired) electrons. The molecular formula is C24H22N2O4S. The molecule has 2 amide bonds. The van der Waals surface area contributed by atoms with E-state index in [1.54, 1.807) is 31.4 Å². The van der Waals surface area contributed by atoms with E-state index in [0.717, 1.165) is 21.9 Å². The molecule has 1 aromatic heterocycles. The van der Waals surface area contributed by atoms with Crippen LogP contribution in [0, 0.1) is 6.92 Å². The summed E-state index contributed by atoms with van der Waals surface area (Å²) in [6, 6.07) is 18.6. The minimum absolute atomic E-state index is 0.150. The molecule has 0 spiro atoms. The summed E-state index contributed by atoms with van der Waals surface area (Å²) in [6.45, 7) is 2.34. The maximum Gasteiger partial charge on any atom is 0.278 e. The zero-order chi connectivity index (χ0) is 21.8. The molecule has 0 fully saturated rings. The van der Waals surface area contributed by atoms with E-state index in [9.17, 15) is 9.59 Å². The standard InChI is InChI=1S/C24H22N2O4S/c1-16-5-7-17(8-6-16)25-22-21(20-4-3-15-31-20)23(27)26(24(22)28)13-14-30-19-11-9-18(29-2)10-12-19/h3-12,15,25H,13-14H2,1-2H3. The highest BCUT2D eigenvalue weighted by Gasteiger charge is 2.39. The van der Waals surface area contributed by atoms with Crippen LogP contribution in [0.2, 0.25) is 0 Å². The number of thiophene rings is 1. The highest BCUT2D eigenvalue weighted by molar-refractivity contribution is 7.11. The molecule has 0 saturated carbocycles. The number of nitrogens with zero attached hydrogens (tertiary/aromatic N) is 1. The summed E-state index contributed by atoms with van der Waals surface area (Å²) in [5.74, 6) is 0.700. The maximum atomic E-state index is 13.1. The van der Waals surface area contributed by atoms with E-state index in [0.29, 0.717) is 17.0 Å². The van der Waals surface area contributed by atoms with Gasteiger partial charge in [-0.3, -0.25) is 14.5 Å². The zero-order valence-corrected chi connectivity index (χ0v) is 18.1. The van der Waals surface area contributed by atoms with Crippen LogP contribution in [0.3, 0.4) is 0 Å². The summed E-state index contributed by atoms with van der Waals surface area (Å²) in [7, 11) is 1.60. The van der Waals surface area contributed by atoms with E-state index in [1.165, 1.54) is 16.2 Å². The van der Waals surface area contributed by atoms with Gasteiger partial charge in [-0.1, -0.05) is 23.8 Å². The van der Waals surface area contributed by atoms with Crippen LogP contribution in [-0.2, 0) is 9.59 Å². The van der Waals surface area contributed by atoms with Crippen LogP contribution in [0.5, 0.6) is 11.5 Å². The molecule has 0 unspecified atom stereocenters. The van der Waals surface area contributed by atoms with E-state index in [1.807, 2.05) is 48.7 Å². The van der Waals surface area contributed by atoms with Gasteiger partial charge < -0.3 is 14.8 Å². The molecule has 1 aliphatic heterocycles. The Morgan fingerprint density at radius 1 is 0.935 bits per heavy atom. The van der Waals surface area contributed by atoms with Gasteiger partial charge in [0.15, 0.2) is 0 Å². The van der Waals surface area contributed by atoms with Crippen molar-refractivity contribution in [1.82, 2.24) is 4.90 Å². The number of hydrogen-bond donors (Lipinski definition) is 1. The Morgan fingerprint density at radius 3 is 2.29 bits per heavy atom. The lowest BCUT2D eigenvalue weighted by atomic mass is 10.1. The van der Waals surface area contributed by atoms with Crippen LogP contribution in [0.15, 0.2) is 71.7 Å². The van der Waals surface area contributed by atoms with Gasteiger partial charge in [-0.25, -0.2) is 0 Å². The number of methoxy groups -OCH3 is 1. The molecule has 1 aliphatic rings. The second-order valence-corrected chi connectivity index (χ2v) is 7.95. The molecule has 0 aliphatic carbocycles. The molecule has 1 N–H and O–H groups in total. The predicted molar refractivity (Wildman–Crippen MR) is 121 cm³/mol. The third-order valence-electron chi connectivity index (χ3n) is 4.90. The molecule has 158 valence electrons. The number of ether oxygens (including phenoxy) is 2. The van der Waals surface area contributed by atoms with Crippen LogP contribution in [-0.4, -0.2) is 37.0 Å². The molecule has 0 bridgehead atoms.